The molecule has 0 saturated carbocycles. The number of aryl methyl sites for hydroxylation is 1. The van der Waals surface area contributed by atoms with Crippen LogP contribution in [0.1, 0.15) is 23.6 Å². The topological polar surface area (TPSA) is 93.9 Å². The average Bonchev–Trinajstić information content (AvgIpc) is 3.46. The summed E-state index contributed by atoms with van der Waals surface area (Å²) in [4.78, 5) is 31.9. The smallest absolute Gasteiger partial charge is 0.295 e. The lowest BCUT2D eigenvalue weighted by Crippen LogP contribution is -2.31. The van der Waals surface area contributed by atoms with Gasteiger partial charge in [-0.15, -0.1) is 0 Å². The minimum Gasteiger partial charge on any atom is -0.507 e. The number of carbonyl (C=O) groups excluding carboxylic acids is 2. The Bertz CT molecular complexity index is 1220. The largest absolute Gasteiger partial charge is 0.507 e. The van der Waals surface area contributed by atoms with E-state index in [9.17, 15) is 14.7 Å². The van der Waals surface area contributed by atoms with Crippen LogP contribution in [0.5, 0.6) is 11.5 Å². The van der Waals surface area contributed by atoms with Gasteiger partial charge < -0.3 is 24.0 Å². The number of aromatic nitrogens is 2. The summed E-state index contributed by atoms with van der Waals surface area (Å²) in [5.41, 5.74) is 1.05. The van der Waals surface area contributed by atoms with E-state index in [1.807, 2.05) is 10.8 Å². The average molecular weight is 526 g/mol. The molecule has 3 aromatic rings. The molecular weight excluding hydrogens is 502 g/mol. The molecule has 8 nitrogen and oxygen atoms in total. The number of carbonyl (C=O) groups is 2. The van der Waals surface area contributed by atoms with Gasteiger partial charge in [0, 0.05) is 47.1 Å². The predicted octanol–water partition coefficient (Wildman–Crippen LogP) is 4.17. The Morgan fingerprint density at radius 2 is 1.85 bits per heavy atom. The van der Waals surface area contributed by atoms with E-state index in [4.69, 9.17) is 9.47 Å². The molecule has 1 aromatic heterocycles. The Hall–Kier alpha value is -3.59. The maximum Gasteiger partial charge on any atom is 0.295 e. The Kier molecular flexibility index (Phi) is 7.02. The molecule has 1 N–H and O–H groups in total. The van der Waals surface area contributed by atoms with Crippen molar-refractivity contribution in [1.82, 2.24) is 14.5 Å². The van der Waals surface area contributed by atoms with Crippen LogP contribution in [0.4, 0.5) is 0 Å². The van der Waals surface area contributed by atoms with E-state index in [0.717, 1.165) is 4.47 Å². The fraction of sp³-hybridized carbons (Fsp3) is 0.240. The van der Waals surface area contributed by atoms with Gasteiger partial charge in [0.1, 0.15) is 17.3 Å². The van der Waals surface area contributed by atoms with Crippen LogP contribution < -0.4 is 9.47 Å². The molecular formula is C25H24BrN3O5. The summed E-state index contributed by atoms with van der Waals surface area (Å²) in [5, 5.41) is 11.2. The monoisotopic (exact) mass is 525 g/mol. The second-order valence-corrected chi connectivity index (χ2v) is 8.68. The zero-order valence-electron chi connectivity index (χ0n) is 18.8. The van der Waals surface area contributed by atoms with E-state index in [2.05, 4.69) is 20.9 Å². The molecule has 0 spiro atoms. The van der Waals surface area contributed by atoms with Crippen LogP contribution in [0, 0.1) is 0 Å². The van der Waals surface area contributed by atoms with E-state index >= 15 is 0 Å². The van der Waals surface area contributed by atoms with Crippen LogP contribution in [0.2, 0.25) is 0 Å². The van der Waals surface area contributed by atoms with Crippen molar-refractivity contribution in [2.75, 3.05) is 20.8 Å². The first-order chi connectivity index (χ1) is 16.4. The number of methoxy groups -OCH3 is 2. The second-order valence-electron chi connectivity index (χ2n) is 7.76. The third-order valence-electron chi connectivity index (χ3n) is 5.77. The van der Waals surface area contributed by atoms with Gasteiger partial charge >= 0.3 is 0 Å². The van der Waals surface area contributed by atoms with Gasteiger partial charge in [-0.05, 0) is 30.7 Å². The van der Waals surface area contributed by atoms with E-state index in [-0.39, 0.29) is 11.3 Å². The van der Waals surface area contributed by atoms with Gasteiger partial charge in [0.2, 0.25) is 0 Å². The molecule has 0 aliphatic carbocycles. The third kappa shape index (κ3) is 4.56. The van der Waals surface area contributed by atoms with Crippen molar-refractivity contribution in [3.8, 4) is 11.5 Å². The van der Waals surface area contributed by atoms with Crippen molar-refractivity contribution < 1.29 is 24.2 Å². The van der Waals surface area contributed by atoms with Gasteiger partial charge in [-0.2, -0.15) is 0 Å². The Labute approximate surface area is 205 Å². The molecule has 1 aliphatic heterocycles. The number of amides is 1. The number of ketones is 1. The summed E-state index contributed by atoms with van der Waals surface area (Å²) in [7, 11) is 3.06. The second kappa shape index (κ2) is 10.1. The molecule has 1 unspecified atom stereocenters. The maximum atomic E-state index is 13.2. The van der Waals surface area contributed by atoms with Crippen molar-refractivity contribution in [2.24, 2.45) is 0 Å². The number of halogens is 1. The summed E-state index contributed by atoms with van der Waals surface area (Å²) in [6, 6.07) is 11.3. The molecule has 176 valence electrons. The lowest BCUT2D eigenvalue weighted by Gasteiger charge is -2.27. The summed E-state index contributed by atoms with van der Waals surface area (Å²) in [6.45, 7) is 0.932. The Morgan fingerprint density at radius 1 is 1.09 bits per heavy atom. The molecule has 1 amide bonds. The third-order valence-corrected chi connectivity index (χ3v) is 6.30. The van der Waals surface area contributed by atoms with Crippen LogP contribution in [-0.4, -0.2) is 52.0 Å². The van der Waals surface area contributed by atoms with Crippen molar-refractivity contribution in [3.63, 3.8) is 0 Å². The number of nitrogens with zero attached hydrogens (tertiary/aromatic N) is 3. The number of aliphatic hydroxyl groups excluding tert-OH is 1. The van der Waals surface area contributed by atoms with Crippen LogP contribution in [0.15, 0.2) is 71.2 Å². The standard InChI is InChI=1S/C25H24BrN3O5/c1-33-18-8-9-19(20(14-18)34-2)22-21(23(30)16-4-6-17(26)7-5-16)24(31)25(32)29(22)12-3-11-28-13-10-27-15-28/h4-10,13-15,22,30H,3,11-12H2,1-2H3. The summed E-state index contributed by atoms with van der Waals surface area (Å²) >= 11 is 3.37. The summed E-state index contributed by atoms with van der Waals surface area (Å²) in [6.07, 6.45) is 5.82. The highest BCUT2D eigenvalue weighted by molar-refractivity contribution is 9.10. The molecule has 2 heterocycles. The van der Waals surface area contributed by atoms with E-state index in [1.165, 1.54) is 12.0 Å². The number of hydrogen-bond donors (Lipinski definition) is 1. The number of hydrogen-bond acceptors (Lipinski definition) is 6. The highest BCUT2D eigenvalue weighted by atomic mass is 79.9. The lowest BCUT2D eigenvalue weighted by atomic mass is 9.94. The molecule has 0 radical (unpaired) electrons. The molecule has 1 atom stereocenters. The zero-order valence-corrected chi connectivity index (χ0v) is 20.4. The van der Waals surface area contributed by atoms with Crippen LogP contribution in [0.25, 0.3) is 5.76 Å². The van der Waals surface area contributed by atoms with E-state index in [1.54, 1.807) is 62.1 Å². The fourth-order valence-electron chi connectivity index (χ4n) is 4.08. The van der Waals surface area contributed by atoms with Gasteiger partial charge in [-0.3, -0.25) is 9.59 Å². The van der Waals surface area contributed by atoms with Gasteiger partial charge in [0.05, 0.1) is 32.2 Å². The molecule has 1 fully saturated rings. The SMILES string of the molecule is COc1ccc(C2C(=C(O)c3ccc(Br)cc3)C(=O)C(=O)N2CCCn2ccnc2)c(OC)c1. The number of aliphatic hydroxyl groups is 1. The van der Waals surface area contributed by atoms with Crippen molar-refractivity contribution in [1.29, 1.82) is 0 Å². The molecule has 1 aliphatic rings. The normalized spacial score (nSPS) is 17.3. The highest BCUT2D eigenvalue weighted by Gasteiger charge is 2.46. The Morgan fingerprint density at radius 3 is 2.50 bits per heavy atom. The number of imidazole rings is 1. The molecule has 9 heteroatoms. The van der Waals surface area contributed by atoms with E-state index in [0.29, 0.717) is 42.1 Å². The number of rotatable bonds is 8. The zero-order chi connectivity index (χ0) is 24.2. The summed E-state index contributed by atoms with van der Waals surface area (Å²) in [5.74, 6) is -0.595. The van der Waals surface area contributed by atoms with Gasteiger partial charge in [-0.1, -0.05) is 28.1 Å². The van der Waals surface area contributed by atoms with Crippen LogP contribution >= 0.6 is 15.9 Å². The number of ether oxygens (including phenoxy) is 2. The first kappa shape index (κ1) is 23.6. The summed E-state index contributed by atoms with van der Waals surface area (Å²) < 4.78 is 13.6. The molecule has 0 bridgehead atoms. The van der Waals surface area contributed by atoms with Crippen LogP contribution in [0.3, 0.4) is 0 Å². The first-order valence-electron chi connectivity index (χ1n) is 10.7. The molecule has 4 rings (SSSR count). The van der Waals surface area contributed by atoms with Crippen molar-refractivity contribution >= 4 is 33.4 Å². The maximum absolute atomic E-state index is 13.2. The van der Waals surface area contributed by atoms with Gasteiger partial charge in [-0.25, -0.2) is 4.98 Å². The highest BCUT2D eigenvalue weighted by Crippen LogP contribution is 2.43. The lowest BCUT2D eigenvalue weighted by molar-refractivity contribution is -0.140. The van der Waals surface area contributed by atoms with E-state index < -0.39 is 17.7 Å². The van der Waals surface area contributed by atoms with Gasteiger partial charge in [0.15, 0.2) is 0 Å². The Balaban J connectivity index is 1.79. The first-order valence-corrected chi connectivity index (χ1v) is 11.5. The minimum absolute atomic E-state index is 0.0263. The molecule has 1 saturated heterocycles. The quantitative estimate of drug-likeness (QED) is 0.269. The predicted molar refractivity (Wildman–Crippen MR) is 130 cm³/mol. The van der Waals surface area contributed by atoms with Crippen LogP contribution in [-0.2, 0) is 16.1 Å². The van der Waals surface area contributed by atoms with Crippen molar-refractivity contribution in [3.05, 3.63) is 82.4 Å². The molecule has 2 aromatic carbocycles. The number of Topliss-reactive ketones (excluding diaryl/α,β-unsaturated/α-hetero) is 1. The van der Waals surface area contributed by atoms with Gasteiger partial charge in [0.25, 0.3) is 11.7 Å². The number of likely N-dealkylation sites (tertiary alicyclic amines) is 1. The molecule has 34 heavy (non-hydrogen) atoms. The fourth-order valence-corrected chi connectivity index (χ4v) is 4.35. The number of benzene rings is 2. The minimum atomic E-state index is -0.813. The van der Waals surface area contributed by atoms with Crippen molar-refractivity contribution in [2.45, 2.75) is 19.0 Å².